The predicted octanol–water partition coefficient (Wildman–Crippen LogP) is 2.36. The number of ketones is 1. The van der Waals surface area contributed by atoms with Gasteiger partial charge in [0, 0.05) is 24.5 Å². The summed E-state index contributed by atoms with van der Waals surface area (Å²) in [5, 5.41) is 6.89. The standard InChI is InChI=1S/C20H20N4O4S/c1-13-16(11-23-24(13)19-5-3-4-9-22-19)20(27)28-12-17(26)18-7-6-15(29-18)8-10-21-14(2)25/h3-7,9,11H,8,10,12H2,1-2H3,(H,21,25). The molecule has 0 saturated carbocycles. The maximum absolute atomic E-state index is 12.4. The van der Waals surface area contributed by atoms with Crippen LogP contribution in [0.5, 0.6) is 0 Å². The zero-order chi connectivity index (χ0) is 20.8. The number of pyridine rings is 1. The van der Waals surface area contributed by atoms with Crippen molar-refractivity contribution in [3.8, 4) is 5.82 Å². The Morgan fingerprint density at radius 1 is 1.21 bits per heavy atom. The molecule has 0 aliphatic carbocycles. The summed E-state index contributed by atoms with van der Waals surface area (Å²) in [4.78, 5) is 41.3. The van der Waals surface area contributed by atoms with E-state index < -0.39 is 5.97 Å². The summed E-state index contributed by atoms with van der Waals surface area (Å²) in [6.45, 7) is 3.36. The minimum Gasteiger partial charge on any atom is -0.454 e. The number of esters is 1. The maximum atomic E-state index is 12.4. The van der Waals surface area contributed by atoms with Crippen molar-refractivity contribution in [3.05, 3.63) is 63.7 Å². The zero-order valence-electron chi connectivity index (χ0n) is 16.0. The fourth-order valence-corrected chi connectivity index (χ4v) is 3.56. The normalized spacial score (nSPS) is 10.6. The van der Waals surface area contributed by atoms with Gasteiger partial charge in [0.1, 0.15) is 5.56 Å². The molecule has 0 unspecified atom stereocenters. The first-order chi connectivity index (χ1) is 14.0. The van der Waals surface area contributed by atoms with Gasteiger partial charge in [-0.3, -0.25) is 9.59 Å². The van der Waals surface area contributed by atoms with Crippen molar-refractivity contribution in [3.63, 3.8) is 0 Å². The van der Waals surface area contributed by atoms with Crippen LogP contribution >= 0.6 is 11.3 Å². The van der Waals surface area contributed by atoms with Gasteiger partial charge in [0.2, 0.25) is 11.7 Å². The van der Waals surface area contributed by atoms with E-state index in [2.05, 4.69) is 15.4 Å². The number of hydrogen-bond donors (Lipinski definition) is 1. The summed E-state index contributed by atoms with van der Waals surface area (Å²) < 4.78 is 6.72. The third-order valence-electron chi connectivity index (χ3n) is 4.11. The maximum Gasteiger partial charge on any atom is 0.342 e. The highest BCUT2D eigenvalue weighted by Crippen LogP contribution is 2.18. The fraction of sp³-hybridized carbons (Fsp3) is 0.250. The average Bonchev–Trinajstić information content (AvgIpc) is 3.33. The SMILES string of the molecule is CC(=O)NCCc1ccc(C(=O)COC(=O)c2cnn(-c3ccccn3)c2C)s1. The van der Waals surface area contributed by atoms with E-state index in [1.54, 1.807) is 36.0 Å². The van der Waals surface area contributed by atoms with E-state index in [-0.39, 0.29) is 23.9 Å². The summed E-state index contributed by atoms with van der Waals surface area (Å²) in [6.07, 6.45) is 3.68. The number of rotatable bonds is 8. The quantitative estimate of drug-likeness (QED) is 0.450. The number of thiophene rings is 1. The second-order valence-electron chi connectivity index (χ2n) is 6.24. The highest BCUT2D eigenvalue weighted by Gasteiger charge is 2.19. The lowest BCUT2D eigenvalue weighted by Crippen LogP contribution is -2.22. The molecule has 0 spiro atoms. The molecule has 0 fully saturated rings. The number of aromatic nitrogens is 3. The Hall–Kier alpha value is -3.33. The smallest absolute Gasteiger partial charge is 0.342 e. The lowest BCUT2D eigenvalue weighted by molar-refractivity contribution is -0.118. The molecule has 150 valence electrons. The van der Waals surface area contributed by atoms with Crippen molar-refractivity contribution in [1.82, 2.24) is 20.1 Å². The fourth-order valence-electron chi connectivity index (χ4n) is 2.62. The third-order valence-corrected chi connectivity index (χ3v) is 5.30. The van der Waals surface area contributed by atoms with E-state index >= 15 is 0 Å². The van der Waals surface area contributed by atoms with Gasteiger partial charge in [-0.15, -0.1) is 11.3 Å². The number of carbonyl (C=O) groups is 3. The van der Waals surface area contributed by atoms with E-state index in [0.29, 0.717) is 29.4 Å². The van der Waals surface area contributed by atoms with Crippen LogP contribution in [0.1, 0.15) is 37.5 Å². The van der Waals surface area contributed by atoms with Crippen molar-refractivity contribution in [2.24, 2.45) is 0 Å². The van der Waals surface area contributed by atoms with E-state index in [9.17, 15) is 14.4 Å². The van der Waals surface area contributed by atoms with Crippen LogP contribution in [0.3, 0.4) is 0 Å². The van der Waals surface area contributed by atoms with Crippen LogP contribution in [0.25, 0.3) is 5.82 Å². The molecule has 0 radical (unpaired) electrons. The van der Waals surface area contributed by atoms with E-state index in [4.69, 9.17) is 4.74 Å². The molecule has 3 aromatic heterocycles. The molecule has 3 aromatic rings. The third kappa shape index (κ3) is 5.14. The zero-order valence-corrected chi connectivity index (χ0v) is 16.9. The first-order valence-electron chi connectivity index (χ1n) is 8.95. The van der Waals surface area contributed by atoms with Crippen LogP contribution in [0.4, 0.5) is 0 Å². The van der Waals surface area contributed by atoms with Crippen LogP contribution in [0, 0.1) is 6.92 Å². The average molecular weight is 412 g/mol. The first kappa shape index (κ1) is 20.4. The molecular weight excluding hydrogens is 392 g/mol. The highest BCUT2D eigenvalue weighted by molar-refractivity contribution is 7.14. The van der Waals surface area contributed by atoms with Gasteiger partial charge >= 0.3 is 5.97 Å². The van der Waals surface area contributed by atoms with Gasteiger partial charge in [0.05, 0.1) is 16.8 Å². The molecule has 0 aromatic carbocycles. The number of nitrogens with one attached hydrogen (secondary N) is 1. The Morgan fingerprint density at radius 2 is 2.03 bits per heavy atom. The highest BCUT2D eigenvalue weighted by atomic mass is 32.1. The lowest BCUT2D eigenvalue weighted by Gasteiger charge is -2.05. The Labute approximate surface area is 171 Å². The molecule has 8 nitrogen and oxygen atoms in total. The van der Waals surface area contributed by atoms with Crippen molar-refractivity contribution in [2.45, 2.75) is 20.3 Å². The molecular formula is C20H20N4O4S. The van der Waals surface area contributed by atoms with E-state index in [1.807, 2.05) is 12.1 Å². The monoisotopic (exact) mass is 412 g/mol. The van der Waals surface area contributed by atoms with Crippen molar-refractivity contribution >= 4 is 29.0 Å². The molecule has 0 saturated heterocycles. The van der Waals surface area contributed by atoms with Crippen LogP contribution in [0.15, 0.2) is 42.7 Å². The minimum atomic E-state index is -0.611. The van der Waals surface area contributed by atoms with Crippen LogP contribution < -0.4 is 5.32 Å². The molecule has 1 N–H and O–H groups in total. The largest absolute Gasteiger partial charge is 0.454 e. The first-order valence-corrected chi connectivity index (χ1v) is 9.77. The number of Topliss-reactive ketones (excluding diaryl/α,β-unsaturated/α-hetero) is 1. The number of hydrogen-bond acceptors (Lipinski definition) is 7. The Morgan fingerprint density at radius 3 is 2.76 bits per heavy atom. The van der Waals surface area contributed by atoms with Gasteiger partial charge < -0.3 is 10.1 Å². The Balaban J connectivity index is 1.57. The van der Waals surface area contributed by atoms with Gasteiger partial charge in [-0.25, -0.2) is 14.5 Å². The molecule has 29 heavy (non-hydrogen) atoms. The summed E-state index contributed by atoms with van der Waals surface area (Å²) in [6, 6.07) is 8.93. The molecule has 1 amide bonds. The molecule has 3 rings (SSSR count). The van der Waals surface area contributed by atoms with Crippen LogP contribution in [-0.2, 0) is 16.0 Å². The Bertz CT molecular complexity index is 1030. The molecule has 9 heteroatoms. The van der Waals surface area contributed by atoms with Gasteiger partial charge in [-0.1, -0.05) is 6.07 Å². The predicted molar refractivity (Wildman–Crippen MR) is 107 cm³/mol. The van der Waals surface area contributed by atoms with Crippen LogP contribution in [-0.4, -0.2) is 45.6 Å². The molecule has 3 heterocycles. The van der Waals surface area contributed by atoms with Gasteiger partial charge in [-0.2, -0.15) is 5.10 Å². The van der Waals surface area contributed by atoms with Gasteiger partial charge in [0.25, 0.3) is 0 Å². The molecule has 0 atom stereocenters. The van der Waals surface area contributed by atoms with Crippen molar-refractivity contribution in [2.75, 3.05) is 13.2 Å². The number of carbonyl (C=O) groups excluding carboxylic acids is 3. The number of ether oxygens (including phenoxy) is 1. The minimum absolute atomic E-state index is 0.0913. The van der Waals surface area contributed by atoms with Crippen LogP contribution in [0.2, 0.25) is 0 Å². The summed E-state index contributed by atoms with van der Waals surface area (Å²) in [5.41, 5.74) is 0.864. The van der Waals surface area contributed by atoms with E-state index in [1.165, 1.54) is 24.5 Å². The lowest BCUT2D eigenvalue weighted by atomic mass is 10.2. The topological polar surface area (TPSA) is 103 Å². The van der Waals surface area contributed by atoms with E-state index in [0.717, 1.165) is 4.88 Å². The van der Waals surface area contributed by atoms with Crippen molar-refractivity contribution < 1.29 is 19.1 Å². The molecule has 0 bridgehead atoms. The number of amides is 1. The summed E-state index contributed by atoms with van der Waals surface area (Å²) in [7, 11) is 0. The summed E-state index contributed by atoms with van der Waals surface area (Å²) >= 11 is 1.33. The molecule has 0 aliphatic heterocycles. The van der Waals surface area contributed by atoms with Gasteiger partial charge in [0.15, 0.2) is 12.4 Å². The second-order valence-corrected chi connectivity index (χ2v) is 7.41. The Kier molecular flexibility index (Phi) is 6.50. The number of nitrogens with zero attached hydrogens (tertiary/aromatic N) is 3. The second kappa shape index (κ2) is 9.24. The molecule has 0 aliphatic rings. The summed E-state index contributed by atoms with van der Waals surface area (Å²) in [5.74, 6) is -0.388. The van der Waals surface area contributed by atoms with Crippen molar-refractivity contribution in [1.29, 1.82) is 0 Å². The van der Waals surface area contributed by atoms with Gasteiger partial charge in [-0.05, 0) is 37.6 Å².